The SMILES string of the molecule is Cn1ccc(C(=O)N2CCOCC2c2nccc(NC3CCCC3)n2)n1.O=C(O)C(F)(F)F. The molecule has 0 bridgehead atoms. The van der Waals surface area contributed by atoms with E-state index in [4.69, 9.17) is 14.6 Å². The minimum atomic E-state index is -5.08. The number of hydrogen-bond acceptors (Lipinski definition) is 7. The molecule has 0 radical (unpaired) electrons. The zero-order valence-corrected chi connectivity index (χ0v) is 18.0. The number of anilines is 1. The number of carbonyl (C=O) groups is 2. The molecule has 10 nitrogen and oxygen atoms in total. The fourth-order valence-corrected chi connectivity index (χ4v) is 3.63. The van der Waals surface area contributed by atoms with Gasteiger partial charge in [-0.2, -0.15) is 18.3 Å². The zero-order valence-electron chi connectivity index (χ0n) is 18.0. The number of alkyl halides is 3. The van der Waals surface area contributed by atoms with Gasteiger partial charge in [-0.1, -0.05) is 12.8 Å². The molecule has 1 atom stereocenters. The van der Waals surface area contributed by atoms with Gasteiger partial charge in [0.05, 0.1) is 13.2 Å². The fourth-order valence-electron chi connectivity index (χ4n) is 3.63. The van der Waals surface area contributed by atoms with E-state index >= 15 is 0 Å². The molecule has 2 aromatic rings. The lowest BCUT2D eigenvalue weighted by Gasteiger charge is -2.34. The van der Waals surface area contributed by atoms with Crippen molar-refractivity contribution in [2.45, 2.75) is 43.9 Å². The van der Waals surface area contributed by atoms with Crippen molar-refractivity contribution in [3.63, 3.8) is 0 Å². The summed E-state index contributed by atoms with van der Waals surface area (Å²) in [7, 11) is 1.80. The lowest BCUT2D eigenvalue weighted by atomic mass is 10.2. The summed E-state index contributed by atoms with van der Waals surface area (Å²) in [5.41, 5.74) is 0.430. The number of halogens is 3. The highest BCUT2D eigenvalue weighted by Gasteiger charge is 2.38. The molecule has 2 fully saturated rings. The van der Waals surface area contributed by atoms with Crippen LogP contribution in [-0.2, 0) is 16.6 Å². The smallest absolute Gasteiger partial charge is 0.475 e. The molecule has 33 heavy (non-hydrogen) atoms. The van der Waals surface area contributed by atoms with Crippen LogP contribution in [0.2, 0.25) is 0 Å². The van der Waals surface area contributed by atoms with Crippen molar-refractivity contribution in [1.29, 1.82) is 0 Å². The third-order valence-electron chi connectivity index (χ3n) is 5.24. The first-order valence-corrected chi connectivity index (χ1v) is 10.4. The Morgan fingerprint density at radius 3 is 2.55 bits per heavy atom. The number of amides is 1. The standard InChI is InChI=1S/C18H24N6O2.C2HF3O2/c1-23-9-7-14(22-23)18(25)24-10-11-26-12-15(24)17-19-8-6-16(21-17)20-13-4-2-3-5-13;3-2(4,5)1(6)7/h6-9,13,15H,2-5,10-12H2,1H3,(H,19,20,21);(H,6,7). The van der Waals surface area contributed by atoms with Gasteiger partial charge in [0.1, 0.15) is 17.6 Å². The van der Waals surface area contributed by atoms with Gasteiger partial charge < -0.3 is 20.1 Å². The Hall–Kier alpha value is -3.22. The lowest BCUT2D eigenvalue weighted by molar-refractivity contribution is -0.192. The van der Waals surface area contributed by atoms with Crippen LogP contribution in [0, 0.1) is 0 Å². The van der Waals surface area contributed by atoms with E-state index in [9.17, 15) is 18.0 Å². The third kappa shape index (κ3) is 6.63. The summed E-state index contributed by atoms with van der Waals surface area (Å²) in [6.45, 7) is 1.41. The molecule has 2 aromatic heterocycles. The molecule has 2 aliphatic rings. The number of carbonyl (C=O) groups excluding carboxylic acids is 1. The molecule has 1 aliphatic carbocycles. The number of ether oxygens (including phenoxy) is 1. The summed E-state index contributed by atoms with van der Waals surface area (Å²) in [4.78, 5) is 32.6. The van der Waals surface area contributed by atoms with Crippen LogP contribution in [0.4, 0.5) is 19.0 Å². The Labute approximate surface area is 187 Å². The van der Waals surface area contributed by atoms with Crippen LogP contribution in [0.5, 0.6) is 0 Å². The van der Waals surface area contributed by atoms with E-state index in [1.807, 2.05) is 6.07 Å². The number of aromatic nitrogens is 4. The molecule has 180 valence electrons. The highest BCUT2D eigenvalue weighted by Crippen LogP contribution is 2.25. The minimum absolute atomic E-state index is 0.114. The molecule has 1 saturated carbocycles. The van der Waals surface area contributed by atoms with Gasteiger partial charge in [0.2, 0.25) is 0 Å². The van der Waals surface area contributed by atoms with Crippen LogP contribution in [0.15, 0.2) is 24.5 Å². The molecule has 13 heteroatoms. The van der Waals surface area contributed by atoms with Crippen LogP contribution in [-0.4, -0.2) is 73.6 Å². The summed E-state index contributed by atoms with van der Waals surface area (Å²) in [5.74, 6) is -1.45. The Bertz CT molecular complexity index is 961. The van der Waals surface area contributed by atoms with Crippen molar-refractivity contribution in [2.75, 3.05) is 25.1 Å². The van der Waals surface area contributed by atoms with Gasteiger partial charge in [-0.3, -0.25) is 9.48 Å². The Balaban J connectivity index is 0.000000383. The number of carboxylic acids is 1. The average molecular weight is 470 g/mol. The van der Waals surface area contributed by atoms with Crippen molar-refractivity contribution < 1.29 is 32.6 Å². The maximum atomic E-state index is 12.9. The zero-order chi connectivity index (χ0) is 24.0. The predicted octanol–water partition coefficient (Wildman–Crippen LogP) is 2.41. The van der Waals surface area contributed by atoms with Crippen LogP contribution in [0.1, 0.15) is 48.0 Å². The molecule has 4 rings (SSSR count). The number of aliphatic carboxylic acids is 1. The molecule has 0 aromatic carbocycles. The van der Waals surface area contributed by atoms with Crippen LogP contribution >= 0.6 is 0 Å². The highest BCUT2D eigenvalue weighted by molar-refractivity contribution is 5.92. The van der Waals surface area contributed by atoms with Crippen molar-refractivity contribution in [1.82, 2.24) is 24.6 Å². The van der Waals surface area contributed by atoms with Gasteiger partial charge in [-0.25, -0.2) is 14.8 Å². The second-order valence-electron chi connectivity index (χ2n) is 7.69. The Kier molecular flexibility index (Phi) is 7.84. The average Bonchev–Trinajstić information content (AvgIpc) is 3.45. The number of rotatable bonds is 4. The van der Waals surface area contributed by atoms with E-state index in [2.05, 4.69) is 20.4 Å². The summed E-state index contributed by atoms with van der Waals surface area (Å²) in [6.07, 6.45) is 3.31. The lowest BCUT2D eigenvalue weighted by Crippen LogP contribution is -2.44. The van der Waals surface area contributed by atoms with Crippen molar-refractivity contribution in [3.05, 3.63) is 36.0 Å². The van der Waals surface area contributed by atoms with Crippen LogP contribution in [0.25, 0.3) is 0 Å². The molecule has 1 aliphatic heterocycles. The molecule has 1 unspecified atom stereocenters. The second-order valence-corrected chi connectivity index (χ2v) is 7.69. The van der Waals surface area contributed by atoms with E-state index in [1.54, 1.807) is 35.1 Å². The molecule has 1 saturated heterocycles. The number of morpholine rings is 1. The van der Waals surface area contributed by atoms with Gasteiger partial charge in [0.25, 0.3) is 5.91 Å². The predicted molar refractivity (Wildman–Crippen MR) is 109 cm³/mol. The fraction of sp³-hybridized carbons (Fsp3) is 0.550. The van der Waals surface area contributed by atoms with Gasteiger partial charge in [-0.05, 0) is 25.0 Å². The summed E-state index contributed by atoms with van der Waals surface area (Å²) in [6, 6.07) is 3.79. The summed E-state index contributed by atoms with van der Waals surface area (Å²) < 4.78 is 39.0. The molecule has 0 spiro atoms. The number of nitrogens with one attached hydrogen (secondary N) is 1. The van der Waals surface area contributed by atoms with Crippen LogP contribution < -0.4 is 5.32 Å². The Morgan fingerprint density at radius 2 is 1.94 bits per heavy atom. The largest absolute Gasteiger partial charge is 0.490 e. The monoisotopic (exact) mass is 470 g/mol. The van der Waals surface area contributed by atoms with Gasteiger partial charge in [0, 0.05) is 32.0 Å². The van der Waals surface area contributed by atoms with Crippen molar-refractivity contribution >= 4 is 17.7 Å². The first-order valence-electron chi connectivity index (χ1n) is 10.4. The quantitative estimate of drug-likeness (QED) is 0.699. The number of aryl methyl sites for hydroxylation is 1. The maximum Gasteiger partial charge on any atom is 0.490 e. The first kappa shape index (κ1) is 24.4. The van der Waals surface area contributed by atoms with Crippen molar-refractivity contribution in [3.8, 4) is 0 Å². The third-order valence-corrected chi connectivity index (χ3v) is 5.24. The van der Waals surface area contributed by atoms with E-state index in [0.717, 1.165) is 5.82 Å². The molecule has 1 amide bonds. The normalized spacial score (nSPS) is 19.0. The first-order chi connectivity index (χ1) is 15.6. The van der Waals surface area contributed by atoms with Gasteiger partial charge >= 0.3 is 12.1 Å². The van der Waals surface area contributed by atoms with Gasteiger partial charge in [0.15, 0.2) is 5.82 Å². The number of carboxylic acid groups (broad SMARTS) is 1. The summed E-state index contributed by atoms with van der Waals surface area (Å²) in [5, 5.41) is 14.8. The van der Waals surface area contributed by atoms with E-state index in [0.29, 0.717) is 37.3 Å². The highest BCUT2D eigenvalue weighted by atomic mass is 19.4. The van der Waals surface area contributed by atoms with Crippen LogP contribution in [0.3, 0.4) is 0 Å². The number of nitrogens with zero attached hydrogens (tertiary/aromatic N) is 5. The topological polar surface area (TPSA) is 122 Å². The molecule has 3 heterocycles. The van der Waals surface area contributed by atoms with E-state index < -0.39 is 12.1 Å². The molecule has 2 N–H and O–H groups in total. The molecular formula is C20H25F3N6O4. The maximum absolute atomic E-state index is 12.9. The number of hydrogen-bond donors (Lipinski definition) is 2. The second kappa shape index (κ2) is 10.6. The van der Waals surface area contributed by atoms with E-state index in [-0.39, 0.29) is 11.9 Å². The van der Waals surface area contributed by atoms with Gasteiger partial charge in [-0.15, -0.1) is 0 Å². The molecular weight excluding hydrogens is 445 g/mol. The summed E-state index contributed by atoms with van der Waals surface area (Å²) >= 11 is 0. The minimum Gasteiger partial charge on any atom is -0.475 e. The Morgan fingerprint density at radius 1 is 1.24 bits per heavy atom. The van der Waals surface area contributed by atoms with Crippen molar-refractivity contribution in [2.24, 2.45) is 7.05 Å². The van der Waals surface area contributed by atoms with E-state index in [1.165, 1.54) is 25.7 Å².